The fourth-order valence-corrected chi connectivity index (χ4v) is 1.97. The molecule has 1 amide bonds. The van der Waals surface area contributed by atoms with Crippen LogP contribution in [-0.4, -0.2) is 31.4 Å². The number of nitrogens with one attached hydrogen (secondary N) is 1. The molecule has 1 unspecified atom stereocenters. The molecule has 1 aromatic rings. The summed E-state index contributed by atoms with van der Waals surface area (Å²) in [5.41, 5.74) is 7.73. The third kappa shape index (κ3) is 6.49. The average molecular weight is 294 g/mol. The summed E-state index contributed by atoms with van der Waals surface area (Å²) in [4.78, 5) is 11.5. The zero-order valence-corrected chi connectivity index (χ0v) is 13.5. The smallest absolute Gasteiger partial charge is 0.407 e. The Kier molecular flexibility index (Phi) is 6.03. The lowest BCUT2D eigenvalue weighted by Gasteiger charge is -2.21. The summed E-state index contributed by atoms with van der Waals surface area (Å²) in [5.74, 6) is 0.860. The molecule has 0 saturated heterocycles. The van der Waals surface area contributed by atoms with Crippen molar-refractivity contribution >= 4 is 6.09 Å². The Morgan fingerprint density at radius 3 is 2.57 bits per heavy atom. The maximum Gasteiger partial charge on any atom is 0.407 e. The van der Waals surface area contributed by atoms with Crippen LogP contribution in [0, 0.1) is 6.92 Å². The van der Waals surface area contributed by atoms with Gasteiger partial charge < -0.3 is 20.5 Å². The summed E-state index contributed by atoms with van der Waals surface area (Å²) >= 11 is 0. The number of benzene rings is 1. The Bertz CT molecular complexity index is 481. The Morgan fingerprint density at radius 1 is 1.38 bits per heavy atom. The molecule has 0 aliphatic carbocycles. The second-order valence-electron chi connectivity index (χ2n) is 6.15. The first-order valence-electron chi connectivity index (χ1n) is 7.07. The average Bonchev–Trinajstić information content (AvgIpc) is 2.34. The number of nitrogens with two attached hydrogens (primary N) is 1. The van der Waals surface area contributed by atoms with E-state index < -0.39 is 11.7 Å². The van der Waals surface area contributed by atoms with E-state index in [1.807, 2.05) is 45.9 Å². The van der Waals surface area contributed by atoms with Crippen molar-refractivity contribution in [1.29, 1.82) is 0 Å². The molecule has 0 aromatic heterocycles. The normalized spacial score (nSPS) is 12.7. The molecule has 5 nitrogen and oxygen atoms in total. The largest absolute Gasteiger partial charge is 0.496 e. The molecule has 0 saturated carbocycles. The van der Waals surface area contributed by atoms with Gasteiger partial charge in [0.2, 0.25) is 0 Å². The fraction of sp³-hybridized carbons (Fsp3) is 0.562. The van der Waals surface area contributed by atoms with E-state index in [1.54, 1.807) is 7.11 Å². The lowest BCUT2D eigenvalue weighted by molar-refractivity contribution is 0.0524. The minimum absolute atomic E-state index is 0.162. The highest BCUT2D eigenvalue weighted by atomic mass is 16.6. The molecule has 5 heteroatoms. The van der Waals surface area contributed by atoms with Gasteiger partial charge in [0.15, 0.2) is 0 Å². The number of hydrogen-bond donors (Lipinski definition) is 2. The Balaban J connectivity index is 2.45. The van der Waals surface area contributed by atoms with E-state index >= 15 is 0 Å². The fourth-order valence-electron chi connectivity index (χ4n) is 1.97. The quantitative estimate of drug-likeness (QED) is 0.874. The molecule has 0 fully saturated rings. The van der Waals surface area contributed by atoms with E-state index in [2.05, 4.69) is 5.32 Å². The van der Waals surface area contributed by atoms with Gasteiger partial charge in [0, 0.05) is 12.6 Å². The van der Waals surface area contributed by atoms with Crippen LogP contribution in [0.5, 0.6) is 5.75 Å². The molecule has 0 heterocycles. The van der Waals surface area contributed by atoms with E-state index in [4.69, 9.17) is 15.2 Å². The van der Waals surface area contributed by atoms with Crippen molar-refractivity contribution in [2.45, 2.75) is 45.8 Å². The number of carbonyl (C=O) groups is 1. The number of ether oxygens (including phenoxy) is 2. The van der Waals surface area contributed by atoms with Gasteiger partial charge >= 0.3 is 6.09 Å². The van der Waals surface area contributed by atoms with Crippen molar-refractivity contribution in [3.63, 3.8) is 0 Å². The Labute approximate surface area is 126 Å². The van der Waals surface area contributed by atoms with Gasteiger partial charge in [-0.25, -0.2) is 4.79 Å². The number of carbonyl (C=O) groups excluding carboxylic acids is 1. The maximum atomic E-state index is 11.5. The third-order valence-corrected chi connectivity index (χ3v) is 2.86. The molecule has 0 bridgehead atoms. The van der Waals surface area contributed by atoms with E-state index in [1.165, 1.54) is 0 Å². The van der Waals surface area contributed by atoms with Crippen LogP contribution in [0.25, 0.3) is 0 Å². The van der Waals surface area contributed by atoms with Crippen LogP contribution in [0.15, 0.2) is 18.2 Å². The van der Waals surface area contributed by atoms with E-state index in [0.29, 0.717) is 13.0 Å². The molecule has 1 aromatic carbocycles. The van der Waals surface area contributed by atoms with Crippen molar-refractivity contribution in [3.05, 3.63) is 29.3 Å². The summed E-state index contributed by atoms with van der Waals surface area (Å²) in [5, 5.41) is 2.69. The van der Waals surface area contributed by atoms with Crippen LogP contribution in [-0.2, 0) is 11.2 Å². The van der Waals surface area contributed by atoms with E-state index in [9.17, 15) is 4.79 Å². The highest BCUT2D eigenvalue weighted by Crippen LogP contribution is 2.19. The molecule has 1 rings (SSSR count). The maximum absolute atomic E-state index is 11.5. The van der Waals surface area contributed by atoms with Crippen LogP contribution in [0.4, 0.5) is 4.79 Å². The predicted octanol–water partition coefficient (Wildman–Crippen LogP) is 2.40. The first-order valence-corrected chi connectivity index (χ1v) is 7.07. The Hall–Kier alpha value is -1.75. The third-order valence-electron chi connectivity index (χ3n) is 2.86. The highest BCUT2D eigenvalue weighted by molar-refractivity contribution is 5.67. The molecule has 0 radical (unpaired) electrons. The van der Waals surface area contributed by atoms with Crippen molar-refractivity contribution in [2.24, 2.45) is 5.73 Å². The number of amides is 1. The minimum Gasteiger partial charge on any atom is -0.496 e. The van der Waals surface area contributed by atoms with E-state index in [0.717, 1.165) is 16.9 Å². The molecular weight excluding hydrogens is 268 g/mol. The van der Waals surface area contributed by atoms with Crippen LogP contribution in [0.3, 0.4) is 0 Å². The number of alkyl carbamates (subject to hydrolysis) is 1. The highest BCUT2D eigenvalue weighted by Gasteiger charge is 2.16. The van der Waals surface area contributed by atoms with Crippen molar-refractivity contribution < 1.29 is 14.3 Å². The molecule has 21 heavy (non-hydrogen) atoms. The second kappa shape index (κ2) is 7.31. The number of methoxy groups -OCH3 is 1. The molecule has 0 aliphatic rings. The monoisotopic (exact) mass is 294 g/mol. The lowest BCUT2D eigenvalue weighted by atomic mass is 10.0. The van der Waals surface area contributed by atoms with Gasteiger partial charge in [-0.1, -0.05) is 12.1 Å². The van der Waals surface area contributed by atoms with Gasteiger partial charge in [-0.2, -0.15) is 0 Å². The second-order valence-corrected chi connectivity index (χ2v) is 6.15. The summed E-state index contributed by atoms with van der Waals surface area (Å²) in [6.45, 7) is 7.85. The predicted molar refractivity (Wildman–Crippen MR) is 83.6 cm³/mol. The zero-order valence-electron chi connectivity index (χ0n) is 13.5. The van der Waals surface area contributed by atoms with Crippen LogP contribution in [0.1, 0.15) is 31.9 Å². The topological polar surface area (TPSA) is 73.6 Å². The minimum atomic E-state index is -0.499. The molecule has 0 aliphatic heterocycles. The van der Waals surface area contributed by atoms with Gasteiger partial charge in [-0.15, -0.1) is 0 Å². The molecule has 118 valence electrons. The molecule has 0 spiro atoms. The molecular formula is C16H26N2O3. The lowest BCUT2D eigenvalue weighted by Crippen LogP contribution is -2.41. The first kappa shape index (κ1) is 17.3. The van der Waals surface area contributed by atoms with Crippen molar-refractivity contribution in [3.8, 4) is 5.75 Å². The summed E-state index contributed by atoms with van der Waals surface area (Å²) < 4.78 is 10.4. The standard InChI is InChI=1S/C16H26N2O3/c1-11-8-12(6-7-14(11)20-5)9-13(17)10-18-15(19)21-16(2,3)4/h6-8,13H,9-10,17H2,1-5H3,(H,18,19). The van der Waals surface area contributed by atoms with Crippen LogP contribution in [0.2, 0.25) is 0 Å². The van der Waals surface area contributed by atoms with E-state index in [-0.39, 0.29) is 6.04 Å². The van der Waals surface area contributed by atoms with Gasteiger partial charge in [-0.05, 0) is 51.3 Å². The van der Waals surface area contributed by atoms with Gasteiger partial charge in [0.1, 0.15) is 11.4 Å². The van der Waals surface area contributed by atoms with Crippen LogP contribution < -0.4 is 15.8 Å². The number of rotatable bonds is 5. The van der Waals surface area contributed by atoms with Crippen LogP contribution >= 0.6 is 0 Å². The van der Waals surface area contributed by atoms with Gasteiger partial charge in [0.25, 0.3) is 0 Å². The van der Waals surface area contributed by atoms with Gasteiger partial charge in [0.05, 0.1) is 7.11 Å². The first-order chi connectivity index (χ1) is 9.71. The number of hydrogen-bond acceptors (Lipinski definition) is 4. The van der Waals surface area contributed by atoms with Gasteiger partial charge in [-0.3, -0.25) is 0 Å². The summed E-state index contributed by atoms with van der Waals surface area (Å²) in [7, 11) is 1.65. The zero-order chi connectivity index (χ0) is 16.0. The van der Waals surface area contributed by atoms with Crippen molar-refractivity contribution in [1.82, 2.24) is 5.32 Å². The summed E-state index contributed by atoms with van der Waals surface area (Å²) in [6, 6.07) is 5.80. The van der Waals surface area contributed by atoms with Crippen molar-refractivity contribution in [2.75, 3.05) is 13.7 Å². The SMILES string of the molecule is COc1ccc(CC(N)CNC(=O)OC(C)(C)C)cc1C. The number of aryl methyl sites for hydroxylation is 1. The Morgan fingerprint density at radius 2 is 2.05 bits per heavy atom. The molecule has 3 N–H and O–H groups in total. The molecule has 1 atom stereocenters. The summed E-state index contributed by atoms with van der Waals surface area (Å²) in [6.07, 6.45) is 0.240.